The van der Waals surface area contributed by atoms with Crippen LogP contribution in [0.5, 0.6) is 0 Å². The van der Waals surface area contributed by atoms with Gasteiger partial charge in [-0.05, 0) is 26.3 Å². The summed E-state index contributed by atoms with van der Waals surface area (Å²) >= 11 is 0. The van der Waals surface area contributed by atoms with Gasteiger partial charge in [0.15, 0.2) is 11.5 Å². The Labute approximate surface area is 116 Å². The normalized spacial score (nSPS) is 13.0. The van der Waals surface area contributed by atoms with Gasteiger partial charge in [-0.25, -0.2) is 19.6 Å². The molecule has 0 fully saturated rings. The number of aromatic amines is 1. The Morgan fingerprint density at radius 3 is 2.85 bits per heavy atom. The zero-order chi connectivity index (χ0) is 14.3. The quantitative estimate of drug-likeness (QED) is 0.746. The van der Waals surface area contributed by atoms with E-state index < -0.39 is 0 Å². The molecule has 3 aromatic heterocycles. The van der Waals surface area contributed by atoms with E-state index in [-0.39, 0.29) is 5.92 Å². The first-order valence-electron chi connectivity index (χ1n) is 6.54. The van der Waals surface area contributed by atoms with Crippen molar-refractivity contribution in [2.45, 2.75) is 26.7 Å². The molecule has 0 amide bonds. The highest BCUT2D eigenvalue weighted by Gasteiger charge is 2.19. The summed E-state index contributed by atoms with van der Waals surface area (Å²) in [6, 6.07) is 0. The lowest BCUT2D eigenvalue weighted by atomic mass is 9.99. The van der Waals surface area contributed by atoms with Crippen LogP contribution >= 0.6 is 0 Å². The Bertz CT molecular complexity index is 755. The van der Waals surface area contributed by atoms with Crippen LogP contribution in [0.25, 0.3) is 17.0 Å². The SMILES string of the molecule is Cc1nn(-c2ncnc3nc[nH]c23)c(C)c1C(C)CN. The molecule has 0 bridgehead atoms. The average molecular weight is 271 g/mol. The standard InChI is InChI=1S/C13H17N7/c1-7(4-14)10-8(2)19-20(9(10)3)13-11-12(16-5-15-11)17-6-18-13/h5-7H,4,14H2,1-3H3,(H,15,16,17,18). The second-order valence-corrected chi connectivity index (χ2v) is 4.93. The van der Waals surface area contributed by atoms with Crippen LogP contribution in [-0.4, -0.2) is 36.3 Å². The van der Waals surface area contributed by atoms with E-state index in [2.05, 4.69) is 32.0 Å². The van der Waals surface area contributed by atoms with Gasteiger partial charge < -0.3 is 10.7 Å². The fourth-order valence-electron chi connectivity index (χ4n) is 2.60. The minimum absolute atomic E-state index is 0.267. The zero-order valence-corrected chi connectivity index (χ0v) is 11.8. The van der Waals surface area contributed by atoms with E-state index in [0.29, 0.717) is 18.0 Å². The molecule has 1 atom stereocenters. The van der Waals surface area contributed by atoms with Crippen molar-refractivity contribution in [1.82, 2.24) is 29.7 Å². The van der Waals surface area contributed by atoms with Gasteiger partial charge in [0.2, 0.25) is 0 Å². The lowest BCUT2D eigenvalue weighted by Crippen LogP contribution is -2.11. The highest BCUT2D eigenvalue weighted by Crippen LogP contribution is 2.25. The molecule has 0 spiro atoms. The third kappa shape index (κ3) is 1.78. The fraction of sp³-hybridized carbons (Fsp3) is 0.385. The minimum atomic E-state index is 0.267. The van der Waals surface area contributed by atoms with E-state index in [9.17, 15) is 0 Å². The van der Waals surface area contributed by atoms with Crippen LogP contribution in [0.15, 0.2) is 12.7 Å². The fourth-order valence-corrected chi connectivity index (χ4v) is 2.60. The van der Waals surface area contributed by atoms with E-state index >= 15 is 0 Å². The molecule has 3 aromatic rings. The first kappa shape index (κ1) is 12.7. The third-order valence-corrected chi connectivity index (χ3v) is 3.60. The van der Waals surface area contributed by atoms with E-state index in [1.165, 1.54) is 11.9 Å². The number of aryl methyl sites for hydroxylation is 1. The van der Waals surface area contributed by atoms with Crippen LogP contribution in [-0.2, 0) is 0 Å². The first-order valence-corrected chi connectivity index (χ1v) is 6.54. The molecule has 0 saturated heterocycles. The predicted octanol–water partition coefficient (Wildman–Crippen LogP) is 1.22. The van der Waals surface area contributed by atoms with Crippen molar-refractivity contribution in [2.75, 3.05) is 6.54 Å². The lowest BCUT2D eigenvalue weighted by Gasteiger charge is -2.09. The molecule has 7 nitrogen and oxygen atoms in total. The van der Waals surface area contributed by atoms with Crippen molar-refractivity contribution in [3.8, 4) is 5.82 Å². The second-order valence-electron chi connectivity index (χ2n) is 4.93. The van der Waals surface area contributed by atoms with Crippen LogP contribution < -0.4 is 5.73 Å². The van der Waals surface area contributed by atoms with Crippen LogP contribution in [0.2, 0.25) is 0 Å². The van der Waals surface area contributed by atoms with E-state index in [1.807, 2.05) is 18.5 Å². The van der Waals surface area contributed by atoms with Crippen LogP contribution in [0.4, 0.5) is 0 Å². The number of H-pyrrole nitrogens is 1. The molecule has 20 heavy (non-hydrogen) atoms. The summed E-state index contributed by atoms with van der Waals surface area (Å²) in [5, 5.41) is 4.60. The number of hydrogen-bond donors (Lipinski definition) is 2. The summed E-state index contributed by atoms with van der Waals surface area (Å²) < 4.78 is 1.83. The minimum Gasteiger partial charge on any atom is -0.340 e. The number of imidazole rings is 1. The molecule has 1 unspecified atom stereocenters. The molecule has 0 aliphatic heterocycles. The van der Waals surface area contributed by atoms with Gasteiger partial charge in [0, 0.05) is 11.3 Å². The van der Waals surface area contributed by atoms with E-state index in [1.54, 1.807) is 6.33 Å². The van der Waals surface area contributed by atoms with Gasteiger partial charge in [-0.1, -0.05) is 6.92 Å². The summed E-state index contributed by atoms with van der Waals surface area (Å²) in [6.45, 7) is 6.73. The van der Waals surface area contributed by atoms with Gasteiger partial charge in [0.1, 0.15) is 11.8 Å². The first-order chi connectivity index (χ1) is 9.63. The van der Waals surface area contributed by atoms with Crippen molar-refractivity contribution in [2.24, 2.45) is 5.73 Å². The number of hydrogen-bond acceptors (Lipinski definition) is 5. The maximum atomic E-state index is 5.78. The highest BCUT2D eigenvalue weighted by atomic mass is 15.3. The zero-order valence-electron chi connectivity index (χ0n) is 11.8. The largest absolute Gasteiger partial charge is 0.340 e. The number of nitrogens with zero attached hydrogens (tertiary/aromatic N) is 5. The van der Waals surface area contributed by atoms with Crippen LogP contribution in [0.3, 0.4) is 0 Å². The predicted molar refractivity (Wildman–Crippen MR) is 75.7 cm³/mol. The van der Waals surface area contributed by atoms with Crippen molar-refractivity contribution < 1.29 is 0 Å². The lowest BCUT2D eigenvalue weighted by molar-refractivity contribution is 0.757. The number of nitrogens with one attached hydrogen (secondary N) is 1. The average Bonchev–Trinajstić information content (AvgIpc) is 3.02. The van der Waals surface area contributed by atoms with Gasteiger partial charge in [-0.2, -0.15) is 5.10 Å². The van der Waals surface area contributed by atoms with Gasteiger partial charge >= 0.3 is 0 Å². The smallest absolute Gasteiger partial charge is 0.182 e. The molecule has 0 aliphatic carbocycles. The number of rotatable bonds is 3. The Morgan fingerprint density at radius 1 is 1.30 bits per heavy atom. The van der Waals surface area contributed by atoms with E-state index in [0.717, 1.165) is 16.9 Å². The number of fused-ring (bicyclic) bond motifs is 1. The molecule has 3 N–H and O–H groups in total. The Balaban J connectivity index is 2.23. The van der Waals surface area contributed by atoms with Gasteiger partial charge in [-0.3, -0.25) is 0 Å². The van der Waals surface area contributed by atoms with Crippen molar-refractivity contribution in [1.29, 1.82) is 0 Å². The molecule has 0 radical (unpaired) electrons. The molecular weight excluding hydrogens is 254 g/mol. The summed E-state index contributed by atoms with van der Waals surface area (Å²) in [6.07, 6.45) is 3.11. The topological polar surface area (TPSA) is 98.3 Å². The molecule has 0 saturated carbocycles. The molecule has 7 heteroatoms. The molecule has 0 aromatic carbocycles. The summed E-state index contributed by atoms with van der Waals surface area (Å²) in [7, 11) is 0. The second kappa shape index (κ2) is 4.68. The maximum absolute atomic E-state index is 5.78. The van der Waals surface area contributed by atoms with Crippen molar-refractivity contribution in [3.05, 3.63) is 29.6 Å². The summed E-state index contributed by atoms with van der Waals surface area (Å²) in [5.41, 5.74) is 10.4. The maximum Gasteiger partial charge on any atom is 0.182 e. The van der Waals surface area contributed by atoms with Crippen molar-refractivity contribution >= 4 is 11.2 Å². The van der Waals surface area contributed by atoms with E-state index in [4.69, 9.17) is 5.73 Å². The van der Waals surface area contributed by atoms with Gasteiger partial charge in [0.25, 0.3) is 0 Å². The Morgan fingerprint density at radius 2 is 2.10 bits per heavy atom. The van der Waals surface area contributed by atoms with Gasteiger partial charge in [-0.15, -0.1) is 0 Å². The van der Waals surface area contributed by atoms with Crippen LogP contribution in [0, 0.1) is 13.8 Å². The molecular formula is C13H17N7. The monoisotopic (exact) mass is 271 g/mol. The Hall–Kier alpha value is -2.28. The number of aromatic nitrogens is 6. The molecule has 3 rings (SSSR count). The molecule has 104 valence electrons. The summed E-state index contributed by atoms with van der Waals surface area (Å²) in [4.78, 5) is 15.7. The number of nitrogens with two attached hydrogens (primary N) is 1. The molecule has 3 heterocycles. The highest BCUT2D eigenvalue weighted by molar-refractivity contribution is 5.77. The van der Waals surface area contributed by atoms with Crippen molar-refractivity contribution in [3.63, 3.8) is 0 Å². The third-order valence-electron chi connectivity index (χ3n) is 3.60. The van der Waals surface area contributed by atoms with Crippen LogP contribution in [0.1, 0.15) is 29.8 Å². The summed E-state index contributed by atoms with van der Waals surface area (Å²) in [5.74, 6) is 0.978. The molecule has 0 aliphatic rings. The Kier molecular flexibility index (Phi) is 2.98. The van der Waals surface area contributed by atoms with Gasteiger partial charge in [0.05, 0.1) is 12.0 Å².